The first kappa shape index (κ1) is 24.1. The molecule has 0 fully saturated rings. The third kappa shape index (κ3) is 5.73. The predicted octanol–water partition coefficient (Wildman–Crippen LogP) is 7.34. The van der Waals surface area contributed by atoms with E-state index in [1.165, 1.54) is 0 Å². The molecule has 1 N–H and O–H groups in total. The first-order valence-corrected chi connectivity index (χ1v) is 11.7. The summed E-state index contributed by atoms with van der Waals surface area (Å²) >= 11 is 18.2. The van der Waals surface area contributed by atoms with Gasteiger partial charge in [0.2, 0.25) is 0 Å². The Labute approximate surface area is 213 Å². The molecule has 0 bridgehead atoms. The number of hydrogen-bond acceptors (Lipinski definition) is 3. The molecule has 1 heterocycles. The van der Waals surface area contributed by atoms with Crippen molar-refractivity contribution in [2.75, 3.05) is 5.32 Å². The molecule has 0 aliphatic rings. The van der Waals surface area contributed by atoms with E-state index in [0.29, 0.717) is 38.6 Å². The summed E-state index contributed by atoms with van der Waals surface area (Å²) < 4.78 is 7.65. The maximum atomic E-state index is 13.0. The molecule has 0 saturated carbocycles. The first-order valence-electron chi connectivity index (χ1n) is 10.6. The Bertz CT molecular complexity index is 1350. The van der Waals surface area contributed by atoms with Crippen molar-refractivity contribution in [3.63, 3.8) is 0 Å². The lowest BCUT2D eigenvalue weighted by atomic mass is 10.1. The number of halogens is 3. The van der Waals surface area contributed by atoms with Crippen LogP contribution in [0.4, 0.5) is 5.69 Å². The monoisotopic (exact) mass is 513 g/mol. The molecule has 0 spiro atoms. The van der Waals surface area contributed by atoms with E-state index >= 15 is 0 Å². The third-order valence-corrected chi connectivity index (χ3v) is 6.08. The molecule has 8 heteroatoms. The number of hydrogen-bond donors (Lipinski definition) is 1. The number of anilines is 1. The molecular formula is C26H22Cl3N3O2. The zero-order chi connectivity index (χ0) is 24.2. The van der Waals surface area contributed by atoms with Gasteiger partial charge in [0.25, 0.3) is 5.91 Å². The highest BCUT2D eigenvalue weighted by Gasteiger charge is 2.16. The van der Waals surface area contributed by atoms with Gasteiger partial charge in [0.1, 0.15) is 12.4 Å². The number of aromatic nitrogens is 2. The minimum absolute atomic E-state index is 0.222. The van der Waals surface area contributed by atoms with Crippen molar-refractivity contribution in [2.24, 2.45) is 0 Å². The van der Waals surface area contributed by atoms with Crippen LogP contribution < -0.4 is 10.1 Å². The van der Waals surface area contributed by atoms with Crippen LogP contribution in [0.1, 0.15) is 32.9 Å². The van der Waals surface area contributed by atoms with Crippen molar-refractivity contribution >= 4 is 46.4 Å². The van der Waals surface area contributed by atoms with Gasteiger partial charge >= 0.3 is 0 Å². The first-order chi connectivity index (χ1) is 16.3. The second-order valence-corrected chi connectivity index (χ2v) is 9.13. The molecule has 174 valence electrons. The van der Waals surface area contributed by atoms with Gasteiger partial charge < -0.3 is 10.1 Å². The number of aryl methyl sites for hydroxylation is 1. The summed E-state index contributed by atoms with van der Waals surface area (Å²) in [5.74, 6) is 0.305. The van der Waals surface area contributed by atoms with Gasteiger partial charge in [0.15, 0.2) is 0 Å². The summed E-state index contributed by atoms with van der Waals surface area (Å²) in [5, 5.41) is 9.25. The average Bonchev–Trinajstić information content (AvgIpc) is 3.06. The SMILES string of the molecule is Cc1nn(Cc2cccc(Cl)c2)c(C)c1NC(=O)c1cccc(COc2ccc(Cl)cc2Cl)c1. The molecule has 0 saturated heterocycles. The molecule has 0 aliphatic carbocycles. The fourth-order valence-electron chi connectivity index (χ4n) is 3.58. The van der Waals surface area contributed by atoms with Crippen molar-refractivity contribution < 1.29 is 9.53 Å². The zero-order valence-electron chi connectivity index (χ0n) is 18.6. The Kier molecular flexibility index (Phi) is 7.47. The smallest absolute Gasteiger partial charge is 0.255 e. The Morgan fingerprint density at radius 1 is 0.941 bits per heavy atom. The van der Waals surface area contributed by atoms with Crippen LogP contribution in [-0.4, -0.2) is 15.7 Å². The number of rotatable bonds is 7. The molecule has 0 unspecified atom stereocenters. The van der Waals surface area contributed by atoms with E-state index < -0.39 is 0 Å². The summed E-state index contributed by atoms with van der Waals surface area (Å²) in [6, 6.07) is 19.9. The van der Waals surface area contributed by atoms with Crippen LogP contribution >= 0.6 is 34.8 Å². The highest BCUT2D eigenvalue weighted by atomic mass is 35.5. The van der Waals surface area contributed by atoms with Gasteiger partial charge in [-0.15, -0.1) is 0 Å². The van der Waals surface area contributed by atoms with Gasteiger partial charge in [-0.05, 0) is 67.4 Å². The van der Waals surface area contributed by atoms with Crippen LogP contribution in [0.25, 0.3) is 0 Å². The van der Waals surface area contributed by atoms with Gasteiger partial charge in [0, 0.05) is 15.6 Å². The van der Waals surface area contributed by atoms with E-state index in [2.05, 4.69) is 10.4 Å². The van der Waals surface area contributed by atoms with Crippen LogP contribution in [0.15, 0.2) is 66.7 Å². The van der Waals surface area contributed by atoms with E-state index in [9.17, 15) is 4.79 Å². The lowest BCUT2D eigenvalue weighted by molar-refractivity contribution is 0.102. The molecule has 0 atom stereocenters. The molecule has 1 aromatic heterocycles. The highest BCUT2D eigenvalue weighted by Crippen LogP contribution is 2.28. The van der Waals surface area contributed by atoms with Gasteiger partial charge in [-0.2, -0.15) is 5.10 Å². The number of amides is 1. The second kappa shape index (κ2) is 10.5. The lowest BCUT2D eigenvalue weighted by Crippen LogP contribution is -2.14. The number of benzene rings is 3. The Balaban J connectivity index is 1.46. The molecule has 4 aromatic rings. The highest BCUT2D eigenvalue weighted by molar-refractivity contribution is 6.35. The minimum atomic E-state index is -0.222. The zero-order valence-corrected chi connectivity index (χ0v) is 20.9. The van der Waals surface area contributed by atoms with Crippen LogP contribution in [0.5, 0.6) is 5.75 Å². The van der Waals surface area contributed by atoms with Crippen LogP contribution in [0, 0.1) is 13.8 Å². The summed E-state index contributed by atoms with van der Waals surface area (Å²) in [7, 11) is 0. The maximum absolute atomic E-state index is 13.0. The fourth-order valence-corrected chi connectivity index (χ4v) is 4.26. The van der Waals surface area contributed by atoms with Crippen LogP contribution in [-0.2, 0) is 13.2 Å². The molecule has 1 amide bonds. The molecular weight excluding hydrogens is 493 g/mol. The third-order valence-electron chi connectivity index (χ3n) is 5.32. The maximum Gasteiger partial charge on any atom is 0.255 e. The van der Waals surface area contributed by atoms with Crippen LogP contribution in [0.2, 0.25) is 15.1 Å². The van der Waals surface area contributed by atoms with E-state index in [0.717, 1.165) is 22.5 Å². The van der Waals surface area contributed by atoms with E-state index in [-0.39, 0.29) is 12.5 Å². The second-order valence-electron chi connectivity index (χ2n) is 7.85. The van der Waals surface area contributed by atoms with Crippen molar-refractivity contribution in [1.29, 1.82) is 0 Å². The molecule has 4 rings (SSSR count). The van der Waals surface area contributed by atoms with Gasteiger partial charge in [-0.25, -0.2) is 0 Å². The molecule has 5 nitrogen and oxygen atoms in total. The Morgan fingerprint density at radius 3 is 2.44 bits per heavy atom. The van der Waals surface area contributed by atoms with Crippen LogP contribution in [0.3, 0.4) is 0 Å². The number of carbonyl (C=O) groups is 1. The van der Waals surface area contributed by atoms with Crippen molar-refractivity contribution in [2.45, 2.75) is 27.0 Å². The lowest BCUT2D eigenvalue weighted by Gasteiger charge is -2.10. The summed E-state index contributed by atoms with van der Waals surface area (Å²) in [5.41, 5.74) is 4.69. The molecule has 0 radical (unpaired) electrons. The van der Waals surface area contributed by atoms with Gasteiger partial charge in [-0.3, -0.25) is 9.48 Å². The van der Waals surface area contributed by atoms with Crippen molar-refractivity contribution in [3.05, 3.63) is 110 Å². The van der Waals surface area contributed by atoms with E-state index in [4.69, 9.17) is 39.5 Å². The predicted molar refractivity (Wildman–Crippen MR) is 137 cm³/mol. The largest absolute Gasteiger partial charge is 0.487 e. The standard InChI is InChI=1S/C26H22Cl3N3O2/c1-16-25(17(2)32(31-16)14-18-5-4-8-21(27)12-18)30-26(33)20-7-3-6-19(11-20)15-34-24-10-9-22(28)13-23(24)29/h3-13H,14-15H2,1-2H3,(H,30,33). The normalized spacial score (nSPS) is 10.9. The van der Waals surface area contributed by atoms with E-state index in [1.54, 1.807) is 30.3 Å². The molecule has 3 aromatic carbocycles. The topological polar surface area (TPSA) is 56.2 Å². The Morgan fingerprint density at radius 2 is 1.68 bits per heavy atom. The Hall–Kier alpha value is -2.99. The van der Waals surface area contributed by atoms with Crippen molar-refractivity contribution in [1.82, 2.24) is 9.78 Å². The fraction of sp³-hybridized carbons (Fsp3) is 0.154. The van der Waals surface area contributed by atoms with E-state index in [1.807, 2.05) is 54.9 Å². The summed E-state index contributed by atoms with van der Waals surface area (Å²) in [4.78, 5) is 13.0. The molecule has 34 heavy (non-hydrogen) atoms. The summed E-state index contributed by atoms with van der Waals surface area (Å²) in [6.07, 6.45) is 0. The number of ether oxygens (including phenoxy) is 1. The number of nitrogens with one attached hydrogen (secondary N) is 1. The van der Waals surface area contributed by atoms with Gasteiger partial charge in [-0.1, -0.05) is 59.1 Å². The number of carbonyl (C=O) groups excluding carboxylic acids is 1. The number of nitrogens with zero attached hydrogens (tertiary/aromatic N) is 2. The average molecular weight is 515 g/mol. The summed E-state index contributed by atoms with van der Waals surface area (Å²) in [6.45, 7) is 4.62. The minimum Gasteiger partial charge on any atom is -0.487 e. The quantitative estimate of drug-likeness (QED) is 0.281. The van der Waals surface area contributed by atoms with Gasteiger partial charge in [0.05, 0.1) is 28.6 Å². The van der Waals surface area contributed by atoms with Crippen molar-refractivity contribution in [3.8, 4) is 5.75 Å². The molecule has 0 aliphatic heterocycles.